The van der Waals surface area contributed by atoms with E-state index >= 15 is 0 Å². The summed E-state index contributed by atoms with van der Waals surface area (Å²) in [7, 11) is 0. The molecule has 4 rings (SSSR count). The summed E-state index contributed by atoms with van der Waals surface area (Å²) in [6, 6.07) is 0. The van der Waals surface area contributed by atoms with Crippen LogP contribution in [-0.4, -0.2) is 11.2 Å². The number of rotatable bonds is 5. The SMILES string of the molecule is CC(C)CCCCC1CCC2C3CC=C4C(O)[CH-]CCC4(C)C3CCC12C.[Ho]. The molecule has 3 fully saturated rings. The van der Waals surface area contributed by atoms with Crippen LogP contribution in [0.1, 0.15) is 98.3 Å². The van der Waals surface area contributed by atoms with E-state index in [0.717, 1.165) is 36.0 Å². The summed E-state index contributed by atoms with van der Waals surface area (Å²) >= 11 is 0. The zero-order valence-corrected chi connectivity index (χ0v) is 20.6. The minimum Gasteiger partial charge on any atom is -0.421 e. The van der Waals surface area contributed by atoms with Gasteiger partial charge in [-0.2, -0.15) is 6.42 Å². The van der Waals surface area contributed by atoms with Gasteiger partial charge in [0.25, 0.3) is 0 Å². The van der Waals surface area contributed by atoms with Gasteiger partial charge in [0.1, 0.15) is 0 Å². The summed E-state index contributed by atoms with van der Waals surface area (Å²) < 4.78 is 0. The van der Waals surface area contributed by atoms with Crippen LogP contribution in [-0.2, 0) is 0 Å². The minimum atomic E-state index is -0.268. The summed E-state index contributed by atoms with van der Waals surface area (Å²) in [5.41, 5.74) is 2.25. The zero-order valence-electron chi connectivity index (χ0n) is 18.6. The molecule has 0 aromatic carbocycles. The van der Waals surface area contributed by atoms with Crippen molar-refractivity contribution in [3.05, 3.63) is 18.1 Å². The maximum Gasteiger partial charge on any atom is 0 e. The summed E-state index contributed by atoms with van der Waals surface area (Å²) in [5, 5.41) is 10.6. The molecule has 1 nitrogen and oxygen atoms in total. The van der Waals surface area contributed by atoms with E-state index in [0.29, 0.717) is 5.41 Å². The third-order valence-electron chi connectivity index (χ3n) is 9.68. The van der Waals surface area contributed by atoms with Gasteiger partial charge in [-0.25, -0.2) is 0 Å². The quantitative estimate of drug-likeness (QED) is 0.174. The molecule has 0 spiro atoms. The van der Waals surface area contributed by atoms with Crippen LogP contribution in [0.25, 0.3) is 0 Å². The van der Waals surface area contributed by atoms with Gasteiger partial charge in [-0.05, 0) is 85.0 Å². The molecular weight excluding hydrogens is 493 g/mol. The minimum absolute atomic E-state index is 0. The smallest absolute Gasteiger partial charge is 0 e. The second-order valence-corrected chi connectivity index (χ2v) is 11.4. The standard InChI is InChI=1S/C26H43O.Ho/c1-18(2)8-5-6-9-19-11-13-21-20-12-14-23-24(27)10-7-16-26(23,4)22(20)15-17-25(19,21)3;/h10,14,18-22,24,27H,5-9,11-13,15-17H2,1-4H3;/q-1;. The van der Waals surface area contributed by atoms with Crippen LogP contribution in [0.4, 0.5) is 0 Å². The molecule has 28 heavy (non-hydrogen) atoms. The van der Waals surface area contributed by atoms with Gasteiger partial charge in [0, 0.05) is 37.7 Å². The molecular formula is C26H43HoO-. The van der Waals surface area contributed by atoms with Gasteiger partial charge >= 0.3 is 0 Å². The van der Waals surface area contributed by atoms with Crippen LogP contribution in [0.5, 0.6) is 0 Å². The van der Waals surface area contributed by atoms with E-state index in [1.165, 1.54) is 69.8 Å². The Kier molecular flexibility index (Phi) is 7.77. The van der Waals surface area contributed by atoms with E-state index in [9.17, 15) is 5.11 Å². The summed E-state index contributed by atoms with van der Waals surface area (Å²) in [4.78, 5) is 0. The predicted molar refractivity (Wildman–Crippen MR) is 114 cm³/mol. The van der Waals surface area contributed by atoms with Crippen LogP contribution in [0, 0.1) is 84.6 Å². The molecule has 0 amide bonds. The predicted octanol–water partition coefficient (Wildman–Crippen LogP) is 6.96. The molecule has 3 saturated carbocycles. The van der Waals surface area contributed by atoms with Crippen molar-refractivity contribution in [2.75, 3.05) is 0 Å². The van der Waals surface area contributed by atoms with Crippen molar-refractivity contribution in [2.24, 2.45) is 40.4 Å². The molecule has 1 radical (unpaired) electrons. The first-order chi connectivity index (χ1) is 12.9. The fraction of sp³-hybridized carbons (Fsp3) is 0.885. The Morgan fingerprint density at radius 3 is 2.64 bits per heavy atom. The van der Waals surface area contributed by atoms with E-state index in [1.54, 1.807) is 0 Å². The number of unbranched alkanes of at least 4 members (excludes halogenated alkanes) is 1. The van der Waals surface area contributed by atoms with Crippen LogP contribution < -0.4 is 0 Å². The Bertz CT molecular complexity index is 569. The Morgan fingerprint density at radius 1 is 1.11 bits per heavy atom. The van der Waals surface area contributed by atoms with Crippen LogP contribution >= 0.6 is 0 Å². The van der Waals surface area contributed by atoms with Crippen molar-refractivity contribution < 1.29 is 42.8 Å². The maximum atomic E-state index is 10.6. The van der Waals surface area contributed by atoms with Gasteiger partial charge in [-0.1, -0.05) is 65.0 Å². The van der Waals surface area contributed by atoms with Crippen molar-refractivity contribution in [1.29, 1.82) is 0 Å². The first-order valence-corrected chi connectivity index (χ1v) is 12.1. The molecule has 0 aromatic rings. The number of hydrogen-bond acceptors (Lipinski definition) is 1. The largest absolute Gasteiger partial charge is 0.421 e. The fourth-order valence-electron chi connectivity index (χ4n) is 8.10. The van der Waals surface area contributed by atoms with Gasteiger partial charge in [-0.3, -0.25) is 6.42 Å². The molecule has 2 heteroatoms. The average molecular weight is 537 g/mol. The van der Waals surface area contributed by atoms with Gasteiger partial charge in [-0.15, -0.1) is 0 Å². The van der Waals surface area contributed by atoms with E-state index in [-0.39, 0.29) is 49.3 Å². The van der Waals surface area contributed by atoms with E-state index < -0.39 is 0 Å². The molecule has 4 aliphatic rings. The summed E-state index contributed by atoms with van der Waals surface area (Å²) in [5.74, 6) is 4.46. The van der Waals surface area contributed by atoms with Crippen molar-refractivity contribution >= 4 is 0 Å². The second-order valence-electron chi connectivity index (χ2n) is 11.4. The molecule has 7 atom stereocenters. The molecule has 0 heterocycles. The number of hydrogen-bond donors (Lipinski definition) is 1. The van der Waals surface area contributed by atoms with Crippen molar-refractivity contribution in [2.45, 2.75) is 104 Å². The fourth-order valence-corrected chi connectivity index (χ4v) is 8.10. The van der Waals surface area contributed by atoms with Crippen molar-refractivity contribution in [1.82, 2.24) is 0 Å². The third-order valence-corrected chi connectivity index (χ3v) is 9.68. The van der Waals surface area contributed by atoms with Crippen molar-refractivity contribution in [3.63, 3.8) is 0 Å². The summed E-state index contributed by atoms with van der Waals surface area (Å²) in [6.07, 6.45) is 19.5. The maximum absolute atomic E-state index is 10.6. The topological polar surface area (TPSA) is 20.2 Å². The molecule has 0 saturated heterocycles. The van der Waals surface area contributed by atoms with Crippen LogP contribution in [0.3, 0.4) is 0 Å². The van der Waals surface area contributed by atoms with Gasteiger partial charge in [0.15, 0.2) is 0 Å². The van der Waals surface area contributed by atoms with E-state index in [1.807, 2.05) is 0 Å². The number of aliphatic hydroxyl groups excluding tert-OH is 1. The average Bonchev–Trinajstić information content (AvgIpc) is 2.95. The van der Waals surface area contributed by atoms with Crippen LogP contribution in [0.2, 0.25) is 0 Å². The van der Waals surface area contributed by atoms with Gasteiger partial charge < -0.3 is 5.11 Å². The first kappa shape index (κ1) is 23.6. The number of fused-ring (bicyclic) bond motifs is 5. The molecule has 7 unspecified atom stereocenters. The number of aliphatic hydroxyl groups is 1. The Morgan fingerprint density at radius 2 is 1.89 bits per heavy atom. The zero-order chi connectivity index (χ0) is 19.2. The van der Waals surface area contributed by atoms with Crippen molar-refractivity contribution in [3.8, 4) is 0 Å². The van der Waals surface area contributed by atoms with Gasteiger partial charge in [0.2, 0.25) is 0 Å². The van der Waals surface area contributed by atoms with E-state index in [4.69, 9.17) is 0 Å². The van der Waals surface area contributed by atoms with E-state index in [2.05, 4.69) is 40.2 Å². The molecule has 0 aromatic heterocycles. The Balaban J connectivity index is 0.00000225. The molecule has 165 valence electrons. The third kappa shape index (κ3) is 4.05. The first-order valence-electron chi connectivity index (χ1n) is 12.1. The molecule has 0 bridgehead atoms. The van der Waals surface area contributed by atoms with Crippen LogP contribution in [0.15, 0.2) is 11.6 Å². The summed E-state index contributed by atoms with van der Waals surface area (Å²) in [6.45, 7) is 9.88. The normalized spacial score (nSPS) is 44.9. The van der Waals surface area contributed by atoms with Gasteiger partial charge in [0.05, 0.1) is 0 Å². The number of allylic oxidation sites excluding steroid dienone is 1. The molecule has 1 N–H and O–H groups in total. The monoisotopic (exact) mass is 536 g/mol. The second kappa shape index (κ2) is 9.22. The Labute approximate surface area is 204 Å². The molecule has 4 aliphatic carbocycles. The molecule has 0 aliphatic heterocycles. The Hall–Kier alpha value is 0.960.